The quantitative estimate of drug-likeness (QED) is 0.493. The first kappa shape index (κ1) is 13.0. The van der Waals surface area contributed by atoms with E-state index in [2.05, 4.69) is 0 Å². The van der Waals surface area contributed by atoms with Crippen molar-refractivity contribution in [3.8, 4) is 0 Å². The molecule has 90 valence electrons. The molecule has 1 aromatic carbocycles. The fourth-order valence-electron chi connectivity index (χ4n) is 0.885. The number of halogens is 4. The van der Waals surface area contributed by atoms with Crippen LogP contribution < -0.4 is 11.5 Å². The molecule has 0 atom stereocenters. The van der Waals surface area contributed by atoms with Gasteiger partial charge >= 0.3 is 12.3 Å². The first-order chi connectivity index (χ1) is 7.33. The molecule has 0 radical (unpaired) electrons. The van der Waals surface area contributed by atoms with Crippen molar-refractivity contribution in [3.63, 3.8) is 0 Å². The summed E-state index contributed by atoms with van der Waals surface area (Å²) in [6.07, 6.45) is -3.66. The fraction of sp³-hybridized carbons (Fsp3) is 0.333. The van der Waals surface area contributed by atoms with Gasteiger partial charge in [0, 0.05) is 4.90 Å². The van der Waals surface area contributed by atoms with E-state index in [4.69, 9.17) is 11.5 Å². The molecule has 4 N–H and O–H groups in total. The Bertz CT molecular complexity index is 371. The normalized spacial score (nSPS) is 12.1. The van der Waals surface area contributed by atoms with E-state index in [0.29, 0.717) is 22.3 Å². The highest BCUT2D eigenvalue weighted by Crippen LogP contribution is 2.32. The van der Waals surface area contributed by atoms with Gasteiger partial charge in [0.15, 0.2) is 0 Å². The largest absolute Gasteiger partial charge is 0.397 e. The lowest BCUT2D eigenvalue weighted by Gasteiger charge is -2.14. The Morgan fingerprint density at radius 3 is 2.31 bits per heavy atom. The average Bonchev–Trinajstić information content (AvgIpc) is 2.20. The molecule has 0 aromatic heterocycles. The van der Waals surface area contributed by atoms with Gasteiger partial charge in [-0.05, 0) is 18.2 Å². The molecule has 2 nitrogen and oxygen atoms in total. The summed E-state index contributed by atoms with van der Waals surface area (Å²) in [7, 11) is 0. The van der Waals surface area contributed by atoms with Crippen molar-refractivity contribution in [1.29, 1.82) is 0 Å². The van der Waals surface area contributed by atoms with Crippen molar-refractivity contribution in [2.45, 2.75) is 17.2 Å². The molecule has 0 saturated heterocycles. The van der Waals surface area contributed by atoms with Crippen molar-refractivity contribution in [2.75, 3.05) is 17.2 Å². The second-order valence-corrected chi connectivity index (χ2v) is 4.19. The maximum atomic E-state index is 12.6. The molecule has 0 heterocycles. The number of anilines is 2. The minimum atomic E-state index is -4.00. The van der Waals surface area contributed by atoms with Gasteiger partial charge in [0.25, 0.3) is 0 Å². The molecular formula is C9H10F4N2S. The standard InChI is InChI=1S/C9H10F4N2S/c10-8(11)9(12,13)4-16-5-1-2-6(14)7(15)3-5/h1-3,8H,4,14-15H2. The maximum absolute atomic E-state index is 12.6. The number of thioether (sulfide) groups is 1. The Kier molecular flexibility index (Phi) is 3.90. The topological polar surface area (TPSA) is 52.0 Å². The lowest BCUT2D eigenvalue weighted by atomic mass is 10.3. The molecule has 7 heteroatoms. The first-order valence-corrected chi connectivity index (χ1v) is 5.25. The third-order valence-corrected chi connectivity index (χ3v) is 2.93. The Morgan fingerprint density at radius 2 is 1.81 bits per heavy atom. The molecule has 1 aromatic rings. The second kappa shape index (κ2) is 4.82. The lowest BCUT2D eigenvalue weighted by Crippen LogP contribution is -2.29. The van der Waals surface area contributed by atoms with Gasteiger partial charge in [0.05, 0.1) is 17.1 Å². The Labute approximate surface area is 94.0 Å². The zero-order valence-electron chi connectivity index (χ0n) is 8.09. The van der Waals surface area contributed by atoms with Crippen molar-refractivity contribution < 1.29 is 17.6 Å². The molecule has 0 spiro atoms. The van der Waals surface area contributed by atoms with Crippen LogP contribution in [-0.2, 0) is 0 Å². The predicted molar refractivity (Wildman–Crippen MR) is 56.9 cm³/mol. The monoisotopic (exact) mass is 254 g/mol. The highest BCUT2D eigenvalue weighted by atomic mass is 32.2. The molecule has 0 unspecified atom stereocenters. The van der Waals surface area contributed by atoms with Gasteiger partial charge in [-0.25, -0.2) is 8.78 Å². The first-order valence-electron chi connectivity index (χ1n) is 4.26. The Morgan fingerprint density at radius 1 is 1.19 bits per heavy atom. The number of nitrogens with two attached hydrogens (primary N) is 2. The van der Waals surface area contributed by atoms with Crippen molar-refractivity contribution in [2.24, 2.45) is 0 Å². The molecule has 0 amide bonds. The van der Waals surface area contributed by atoms with Gasteiger partial charge in [-0.1, -0.05) is 0 Å². The van der Waals surface area contributed by atoms with Gasteiger partial charge in [-0.15, -0.1) is 11.8 Å². The summed E-state index contributed by atoms with van der Waals surface area (Å²) in [5, 5.41) is 0. The smallest absolute Gasteiger partial charge is 0.316 e. The van der Waals surface area contributed by atoms with Gasteiger partial charge in [-0.3, -0.25) is 0 Å². The molecule has 16 heavy (non-hydrogen) atoms. The van der Waals surface area contributed by atoms with Gasteiger partial charge in [0.2, 0.25) is 0 Å². The summed E-state index contributed by atoms with van der Waals surface area (Å²) in [6, 6.07) is 4.28. The van der Waals surface area contributed by atoms with Crippen LogP contribution in [0, 0.1) is 0 Å². The number of alkyl halides is 4. The Balaban J connectivity index is 2.65. The van der Waals surface area contributed by atoms with Crippen LogP contribution >= 0.6 is 11.8 Å². The minimum Gasteiger partial charge on any atom is -0.397 e. The van der Waals surface area contributed by atoms with Crippen LogP contribution in [-0.4, -0.2) is 18.1 Å². The summed E-state index contributed by atoms with van der Waals surface area (Å²) in [5.74, 6) is -4.99. The van der Waals surface area contributed by atoms with E-state index in [0.717, 1.165) is 0 Å². The summed E-state index contributed by atoms with van der Waals surface area (Å²) in [4.78, 5) is 0.382. The highest BCUT2D eigenvalue weighted by molar-refractivity contribution is 7.99. The lowest BCUT2D eigenvalue weighted by molar-refractivity contribution is -0.109. The van der Waals surface area contributed by atoms with E-state index in [1.54, 1.807) is 0 Å². The molecule has 0 aliphatic rings. The summed E-state index contributed by atoms with van der Waals surface area (Å²) < 4.78 is 48.9. The molecule has 0 fully saturated rings. The third kappa shape index (κ3) is 3.19. The van der Waals surface area contributed by atoms with Gasteiger partial charge in [0.1, 0.15) is 0 Å². The van der Waals surface area contributed by atoms with E-state index in [1.807, 2.05) is 0 Å². The van der Waals surface area contributed by atoms with E-state index >= 15 is 0 Å². The summed E-state index contributed by atoms with van der Waals surface area (Å²) in [6.45, 7) is 0. The van der Waals surface area contributed by atoms with E-state index < -0.39 is 18.1 Å². The van der Waals surface area contributed by atoms with E-state index in [1.165, 1.54) is 18.2 Å². The molecule has 0 saturated carbocycles. The van der Waals surface area contributed by atoms with Crippen molar-refractivity contribution in [3.05, 3.63) is 18.2 Å². The van der Waals surface area contributed by atoms with Crippen LogP contribution in [0.4, 0.5) is 28.9 Å². The van der Waals surface area contributed by atoms with E-state index in [-0.39, 0.29) is 5.69 Å². The maximum Gasteiger partial charge on any atom is 0.316 e. The summed E-state index contributed by atoms with van der Waals surface area (Å²) >= 11 is 0.613. The summed E-state index contributed by atoms with van der Waals surface area (Å²) in [5.41, 5.74) is 11.4. The second-order valence-electron chi connectivity index (χ2n) is 3.14. The molecule has 0 bridgehead atoms. The number of hydrogen-bond acceptors (Lipinski definition) is 3. The number of benzene rings is 1. The highest BCUT2D eigenvalue weighted by Gasteiger charge is 2.40. The SMILES string of the molecule is Nc1ccc(SCC(F)(F)C(F)F)cc1N. The van der Waals surface area contributed by atoms with Crippen LogP contribution in [0.2, 0.25) is 0 Å². The molecular weight excluding hydrogens is 244 g/mol. The van der Waals surface area contributed by atoms with Crippen molar-refractivity contribution in [1.82, 2.24) is 0 Å². The Hall–Kier alpha value is -1.11. The molecule has 0 aliphatic carbocycles. The van der Waals surface area contributed by atoms with Crippen LogP contribution in [0.3, 0.4) is 0 Å². The molecule has 1 rings (SSSR count). The number of rotatable bonds is 4. The number of hydrogen-bond donors (Lipinski definition) is 2. The van der Waals surface area contributed by atoms with Gasteiger partial charge < -0.3 is 11.5 Å². The number of nitrogen functional groups attached to an aromatic ring is 2. The molecule has 0 aliphatic heterocycles. The van der Waals surface area contributed by atoms with Crippen LogP contribution in [0.1, 0.15) is 0 Å². The fourth-order valence-corrected chi connectivity index (χ4v) is 1.74. The van der Waals surface area contributed by atoms with Crippen molar-refractivity contribution >= 4 is 23.1 Å². The third-order valence-electron chi connectivity index (χ3n) is 1.81. The average molecular weight is 254 g/mol. The van der Waals surface area contributed by atoms with Crippen LogP contribution in [0.15, 0.2) is 23.1 Å². The predicted octanol–water partition coefficient (Wildman–Crippen LogP) is 2.84. The van der Waals surface area contributed by atoms with Crippen LogP contribution in [0.25, 0.3) is 0 Å². The van der Waals surface area contributed by atoms with Crippen LogP contribution in [0.5, 0.6) is 0 Å². The van der Waals surface area contributed by atoms with E-state index in [9.17, 15) is 17.6 Å². The zero-order valence-corrected chi connectivity index (χ0v) is 8.91. The zero-order chi connectivity index (χ0) is 12.3. The van der Waals surface area contributed by atoms with Gasteiger partial charge in [-0.2, -0.15) is 8.78 Å². The minimum absolute atomic E-state index is 0.241.